The first kappa shape index (κ1) is 26.1. The first-order chi connectivity index (χ1) is 13.2. The number of nitrogens with one attached hydrogen (secondary N) is 2. The van der Waals surface area contributed by atoms with E-state index in [1.165, 1.54) is 26.4 Å². The Bertz CT molecular complexity index is 512. The number of nitrogens with zero attached hydrogens (tertiary/aromatic N) is 1. The Kier molecular flexibility index (Phi) is 14.0. The third kappa shape index (κ3) is 15.2. The van der Waals surface area contributed by atoms with Crippen LogP contribution in [0.4, 0.5) is 0 Å². The fourth-order valence-corrected chi connectivity index (χ4v) is 2.33. The van der Waals surface area contributed by atoms with Crippen LogP contribution in [-0.2, 0) is 19.2 Å². The zero-order chi connectivity index (χ0) is 21.4. The molecule has 0 atom stereocenters. The Hall–Kier alpha value is -1.90. The number of carbonyl (C=O) groups is 2. The van der Waals surface area contributed by atoms with Crippen molar-refractivity contribution in [1.29, 1.82) is 0 Å². The van der Waals surface area contributed by atoms with E-state index in [0.29, 0.717) is 6.54 Å². The highest BCUT2D eigenvalue weighted by Gasteiger charge is 2.15. The second-order valence-corrected chi connectivity index (χ2v) is 7.69. The first-order valence-electron chi connectivity index (χ1n) is 9.80. The smallest absolute Gasteiger partial charge is 0.350 e. The third-order valence-corrected chi connectivity index (χ3v) is 4.05. The Morgan fingerprint density at radius 3 is 2.11 bits per heavy atom. The molecule has 0 aliphatic carbocycles. The molecule has 0 aliphatic heterocycles. The number of ether oxygens (including phenoxy) is 1. The van der Waals surface area contributed by atoms with Crippen LogP contribution in [0.2, 0.25) is 0 Å². The van der Waals surface area contributed by atoms with Crippen molar-refractivity contribution in [2.24, 2.45) is 0 Å². The molecule has 0 saturated heterocycles. The monoisotopic (exact) mass is 400 g/mol. The minimum atomic E-state index is -1.30. The molecular weight excluding hydrogens is 362 g/mol. The van der Waals surface area contributed by atoms with Gasteiger partial charge in [-0.15, -0.1) is 0 Å². The van der Waals surface area contributed by atoms with E-state index in [-0.39, 0.29) is 11.3 Å². The molecule has 0 aromatic heterocycles. The van der Waals surface area contributed by atoms with Crippen LogP contribution in [0.15, 0.2) is 24.0 Å². The maximum atomic E-state index is 11.6. The van der Waals surface area contributed by atoms with Gasteiger partial charge in [0.1, 0.15) is 11.3 Å². The molecule has 0 unspecified atom stereocenters. The lowest BCUT2D eigenvalue weighted by molar-refractivity contribution is -0.869. The number of hydrogen-bond acceptors (Lipinski definition) is 6. The topological polar surface area (TPSA) is 96.9 Å². The summed E-state index contributed by atoms with van der Waals surface area (Å²) in [6.07, 6.45) is 7.52. The predicted molar refractivity (Wildman–Crippen MR) is 109 cm³/mol. The van der Waals surface area contributed by atoms with Crippen molar-refractivity contribution in [2.75, 3.05) is 54.4 Å². The number of hydroxylamine groups is 1. The van der Waals surface area contributed by atoms with E-state index in [4.69, 9.17) is 14.7 Å². The fraction of sp³-hybridized carbons (Fsp3) is 0.700. The molecule has 0 aromatic carbocycles. The Balaban J connectivity index is 3.60. The van der Waals surface area contributed by atoms with Gasteiger partial charge in [0.25, 0.3) is 0 Å². The standard InChI is InChI=1S/C20H37N3O5/c1-17(27-5)18(20(25)26)16-19(24)28-22-13-11-9-7-6-8-10-12-21-14-15-23(2,3)4/h16,21-22H,1,6-15H2,2-5H3/p+1/b18-16-. The van der Waals surface area contributed by atoms with Gasteiger partial charge in [0.05, 0.1) is 34.8 Å². The molecule has 0 aliphatic rings. The number of likely N-dealkylation sites (N-methyl/N-ethyl adjacent to an activating group) is 1. The van der Waals surface area contributed by atoms with E-state index in [0.717, 1.165) is 49.5 Å². The minimum Gasteiger partial charge on any atom is -0.496 e. The van der Waals surface area contributed by atoms with E-state index in [1.54, 1.807) is 0 Å². The van der Waals surface area contributed by atoms with Gasteiger partial charge in [-0.25, -0.2) is 9.59 Å². The quantitative estimate of drug-likeness (QED) is 0.0856. The van der Waals surface area contributed by atoms with Crippen LogP contribution in [-0.4, -0.2) is 76.0 Å². The fourth-order valence-electron chi connectivity index (χ4n) is 2.33. The second-order valence-electron chi connectivity index (χ2n) is 7.69. The highest BCUT2D eigenvalue weighted by molar-refractivity contribution is 5.98. The van der Waals surface area contributed by atoms with Gasteiger partial charge in [-0.1, -0.05) is 32.3 Å². The largest absolute Gasteiger partial charge is 0.496 e. The molecule has 0 spiro atoms. The van der Waals surface area contributed by atoms with Crippen LogP contribution < -0.4 is 10.8 Å². The predicted octanol–water partition coefficient (Wildman–Crippen LogP) is 1.84. The number of quaternary nitrogens is 1. The molecule has 3 N–H and O–H groups in total. The van der Waals surface area contributed by atoms with Gasteiger partial charge in [-0.05, 0) is 19.4 Å². The molecule has 162 valence electrons. The molecular formula is C20H38N3O5+. The SMILES string of the molecule is C=C(OC)/C(=C/C(=O)ONCCCCCCCCNCC[N+](C)(C)C)C(=O)O. The molecule has 8 heteroatoms. The highest BCUT2D eigenvalue weighted by Crippen LogP contribution is 2.08. The summed E-state index contributed by atoms with van der Waals surface area (Å²) in [4.78, 5) is 27.4. The number of carboxylic acids is 1. The Morgan fingerprint density at radius 1 is 1.00 bits per heavy atom. The summed E-state index contributed by atoms with van der Waals surface area (Å²) < 4.78 is 5.71. The van der Waals surface area contributed by atoms with Gasteiger partial charge in [0, 0.05) is 19.2 Å². The van der Waals surface area contributed by atoms with Crippen molar-refractivity contribution in [3.8, 4) is 0 Å². The second kappa shape index (κ2) is 15.1. The van der Waals surface area contributed by atoms with Crippen LogP contribution in [0.1, 0.15) is 38.5 Å². The zero-order valence-electron chi connectivity index (χ0n) is 17.9. The summed E-state index contributed by atoms with van der Waals surface area (Å²) in [6.45, 7) is 7.20. The number of hydrogen-bond donors (Lipinski definition) is 3. The number of carboxylic acid groups (broad SMARTS) is 1. The van der Waals surface area contributed by atoms with Crippen LogP contribution in [0.25, 0.3) is 0 Å². The molecule has 0 rings (SSSR count). The van der Waals surface area contributed by atoms with Crippen molar-refractivity contribution >= 4 is 11.9 Å². The average Bonchev–Trinajstić information content (AvgIpc) is 2.61. The molecule has 0 amide bonds. The number of unbranched alkanes of at least 4 members (excludes halogenated alkanes) is 5. The lowest BCUT2D eigenvalue weighted by Crippen LogP contribution is -2.40. The van der Waals surface area contributed by atoms with Gasteiger partial charge in [-0.2, -0.15) is 5.48 Å². The summed E-state index contributed by atoms with van der Waals surface area (Å²) >= 11 is 0. The molecule has 0 heterocycles. The number of methoxy groups -OCH3 is 1. The van der Waals surface area contributed by atoms with Gasteiger partial charge < -0.3 is 24.5 Å². The van der Waals surface area contributed by atoms with Gasteiger partial charge in [0.15, 0.2) is 0 Å². The molecule has 0 fully saturated rings. The van der Waals surface area contributed by atoms with Crippen LogP contribution in [0.5, 0.6) is 0 Å². The summed E-state index contributed by atoms with van der Waals surface area (Å²) in [5, 5.41) is 12.5. The molecule has 28 heavy (non-hydrogen) atoms. The minimum absolute atomic E-state index is 0.104. The van der Waals surface area contributed by atoms with Crippen molar-refractivity contribution in [2.45, 2.75) is 38.5 Å². The average molecular weight is 401 g/mol. The van der Waals surface area contributed by atoms with Crippen molar-refractivity contribution in [3.63, 3.8) is 0 Å². The van der Waals surface area contributed by atoms with Crippen LogP contribution in [0.3, 0.4) is 0 Å². The van der Waals surface area contributed by atoms with Gasteiger partial charge >= 0.3 is 11.9 Å². The van der Waals surface area contributed by atoms with E-state index in [1.807, 2.05) is 0 Å². The normalized spacial score (nSPS) is 11.9. The van der Waals surface area contributed by atoms with Crippen molar-refractivity contribution in [1.82, 2.24) is 10.8 Å². The van der Waals surface area contributed by atoms with Gasteiger partial charge in [-0.3, -0.25) is 0 Å². The maximum Gasteiger partial charge on any atom is 0.350 e. The molecule has 0 aromatic rings. The van der Waals surface area contributed by atoms with Gasteiger partial charge in [0.2, 0.25) is 0 Å². The maximum absolute atomic E-state index is 11.6. The summed E-state index contributed by atoms with van der Waals surface area (Å²) in [6, 6.07) is 0. The summed E-state index contributed by atoms with van der Waals surface area (Å²) in [7, 11) is 7.87. The first-order valence-corrected chi connectivity index (χ1v) is 9.80. The number of carbonyl (C=O) groups excluding carboxylic acids is 1. The Labute approximate surface area is 169 Å². The molecule has 0 saturated carbocycles. The summed E-state index contributed by atoms with van der Waals surface area (Å²) in [5.74, 6) is -2.20. The van der Waals surface area contributed by atoms with Crippen molar-refractivity contribution in [3.05, 3.63) is 24.0 Å². The highest BCUT2D eigenvalue weighted by atomic mass is 16.7. The number of rotatable bonds is 17. The molecule has 0 radical (unpaired) electrons. The zero-order valence-corrected chi connectivity index (χ0v) is 17.9. The third-order valence-electron chi connectivity index (χ3n) is 4.05. The lowest BCUT2D eigenvalue weighted by Gasteiger charge is -2.23. The molecule has 8 nitrogen and oxygen atoms in total. The molecule has 0 bridgehead atoms. The van der Waals surface area contributed by atoms with Crippen LogP contribution in [0, 0.1) is 0 Å². The lowest BCUT2D eigenvalue weighted by atomic mass is 10.1. The van der Waals surface area contributed by atoms with Crippen LogP contribution >= 0.6 is 0 Å². The van der Waals surface area contributed by atoms with E-state index in [9.17, 15) is 9.59 Å². The summed E-state index contributed by atoms with van der Waals surface area (Å²) in [5.41, 5.74) is 2.22. The van der Waals surface area contributed by atoms with E-state index in [2.05, 4.69) is 38.5 Å². The van der Waals surface area contributed by atoms with Crippen molar-refractivity contribution < 1.29 is 28.8 Å². The Morgan fingerprint density at radius 2 is 1.57 bits per heavy atom. The van der Waals surface area contributed by atoms with E-state index < -0.39 is 11.9 Å². The number of aliphatic carboxylic acids is 1. The van der Waals surface area contributed by atoms with E-state index >= 15 is 0 Å².